The second-order valence-electron chi connectivity index (χ2n) is 11.1. The molecule has 5 heterocycles. The van der Waals surface area contributed by atoms with Crippen LogP contribution in [0.4, 0.5) is 17.3 Å². The number of hydrogen-bond donors (Lipinski definition) is 2. The molecule has 0 radical (unpaired) electrons. The monoisotopic (exact) mass is 540 g/mol. The molecule has 2 N–H and O–H groups in total. The molecule has 4 aromatic rings. The molecule has 1 aromatic carbocycles. The Bertz CT molecular complexity index is 1590. The molecular formula is C30H36N8O2. The summed E-state index contributed by atoms with van der Waals surface area (Å²) in [6, 6.07) is 14.4. The molecule has 2 bridgehead atoms. The van der Waals surface area contributed by atoms with Crippen molar-refractivity contribution in [3.63, 3.8) is 0 Å². The molecule has 10 heteroatoms. The number of aromatic nitrogens is 5. The van der Waals surface area contributed by atoms with E-state index in [1.54, 1.807) is 22.5 Å². The smallest absolute Gasteiger partial charge is 0.278 e. The van der Waals surface area contributed by atoms with E-state index in [0.29, 0.717) is 53.9 Å². The second-order valence-corrected chi connectivity index (χ2v) is 11.1. The van der Waals surface area contributed by atoms with Gasteiger partial charge in [-0.1, -0.05) is 18.2 Å². The van der Waals surface area contributed by atoms with E-state index in [4.69, 9.17) is 9.97 Å². The van der Waals surface area contributed by atoms with E-state index in [9.17, 15) is 9.90 Å². The van der Waals surface area contributed by atoms with Gasteiger partial charge < -0.3 is 20.2 Å². The van der Waals surface area contributed by atoms with Crippen molar-refractivity contribution in [2.45, 2.75) is 50.8 Å². The van der Waals surface area contributed by atoms with Crippen molar-refractivity contribution < 1.29 is 5.11 Å². The molecule has 1 unspecified atom stereocenters. The van der Waals surface area contributed by atoms with E-state index in [1.807, 2.05) is 42.5 Å². The van der Waals surface area contributed by atoms with Gasteiger partial charge in [-0.25, -0.2) is 19.3 Å². The Kier molecular flexibility index (Phi) is 6.89. The predicted octanol–water partition coefficient (Wildman–Crippen LogP) is 3.81. The molecule has 1 atom stereocenters. The van der Waals surface area contributed by atoms with Gasteiger partial charge in [0.15, 0.2) is 11.5 Å². The fraction of sp³-hybridized carbons (Fsp3) is 0.400. The summed E-state index contributed by atoms with van der Waals surface area (Å²) in [5.74, 6) is 0.910. The second kappa shape index (κ2) is 10.5. The van der Waals surface area contributed by atoms with Gasteiger partial charge in [0.25, 0.3) is 5.56 Å². The lowest BCUT2D eigenvalue weighted by Crippen LogP contribution is -2.41. The van der Waals surface area contributed by atoms with Gasteiger partial charge in [0, 0.05) is 36.7 Å². The van der Waals surface area contributed by atoms with Crippen LogP contribution >= 0.6 is 0 Å². The van der Waals surface area contributed by atoms with Crippen LogP contribution < -0.4 is 15.8 Å². The first kappa shape index (κ1) is 26.2. The molecule has 1 saturated heterocycles. The van der Waals surface area contributed by atoms with E-state index in [2.05, 4.69) is 46.3 Å². The quantitative estimate of drug-likeness (QED) is 0.377. The maximum absolute atomic E-state index is 13.4. The molecule has 10 nitrogen and oxygen atoms in total. The normalized spacial score (nSPS) is 20.8. The van der Waals surface area contributed by atoms with Gasteiger partial charge in [-0.2, -0.15) is 4.98 Å². The average Bonchev–Trinajstić information content (AvgIpc) is 3.23. The van der Waals surface area contributed by atoms with E-state index in [-0.39, 0.29) is 5.56 Å². The largest absolute Gasteiger partial charge is 0.384 e. The SMILES string of the molecule is CN(C)C1CCN(c2ccc(Nc3ncc4c(=O)n5n(c4n3)-c3cccc(n3)C(C)(O)CC/C=C\C5)cc2)CC1. The Morgan fingerprint density at radius 1 is 1.05 bits per heavy atom. The van der Waals surface area contributed by atoms with Crippen molar-refractivity contribution in [3.05, 3.63) is 76.9 Å². The van der Waals surface area contributed by atoms with Crippen LogP contribution in [-0.2, 0) is 12.1 Å². The summed E-state index contributed by atoms with van der Waals surface area (Å²) in [4.78, 5) is 32.1. The lowest BCUT2D eigenvalue weighted by atomic mass is 9.95. The van der Waals surface area contributed by atoms with Crippen LogP contribution in [-0.4, -0.2) is 67.5 Å². The first-order valence-corrected chi connectivity index (χ1v) is 13.9. The van der Waals surface area contributed by atoms with Crippen LogP contribution in [0.1, 0.15) is 38.3 Å². The fourth-order valence-corrected chi connectivity index (χ4v) is 5.64. The summed E-state index contributed by atoms with van der Waals surface area (Å²) in [5, 5.41) is 14.8. The number of fused-ring (bicyclic) bond motifs is 6. The Labute approximate surface area is 233 Å². The summed E-state index contributed by atoms with van der Waals surface area (Å²) in [6.45, 7) is 4.22. The van der Waals surface area contributed by atoms with Crippen molar-refractivity contribution in [2.24, 2.45) is 0 Å². The third kappa shape index (κ3) is 5.00. The Balaban J connectivity index is 1.31. The Morgan fingerprint density at radius 2 is 1.82 bits per heavy atom. The van der Waals surface area contributed by atoms with Crippen LogP contribution in [0.2, 0.25) is 0 Å². The van der Waals surface area contributed by atoms with E-state index >= 15 is 0 Å². The van der Waals surface area contributed by atoms with E-state index < -0.39 is 5.60 Å². The highest BCUT2D eigenvalue weighted by Crippen LogP contribution is 2.28. The maximum Gasteiger partial charge on any atom is 0.278 e. The van der Waals surface area contributed by atoms with Gasteiger partial charge in [0.2, 0.25) is 5.95 Å². The predicted molar refractivity (Wildman–Crippen MR) is 158 cm³/mol. The van der Waals surface area contributed by atoms with Crippen molar-refractivity contribution in [1.29, 1.82) is 0 Å². The van der Waals surface area contributed by atoms with E-state index in [1.165, 1.54) is 5.69 Å². The van der Waals surface area contributed by atoms with Gasteiger partial charge >= 0.3 is 0 Å². The Morgan fingerprint density at radius 3 is 2.58 bits per heavy atom. The van der Waals surface area contributed by atoms with Crippen LogP contribution in [0.3, 0.4) is 0 Å². The van der Waals surface area contributed by atoms with Crippen molar-refractivity contribution >= 4 is 28.4 Å². The first-order valence-electron chi connectivity index (χ1n) is 13.9. The zero-order valence-corrected chi connectivity index (χ0v) is 23.3. The molecule has 0 spiro atoms. The highest BCUT2D eigenvalue weighted by atomic mass is 16.3. The number of anilines is 3. The number of aliphatic hydroxyl groups is 1. The van der Waals surface area contributed by atoms with Gasteiger partial charge in [-0.05, 0) is 83.1 Å². The van der Waals surface area contributed by atoms with E-state index in [0.717, 1.165) is 31.6 Å². The molecule has 208 valence electrons. The third-order valence-corrected chi connectivity index (χ3v) is 8.10. The fourth-order valence-electron chi connectivity index (χ4n) is 5.64. The Hall–Kier alpha value is -4.02. The first-order chi connectivity index (χ1) is 19.3. The van der Waals surface area contributed by atoms with Gasteiger partial charge in [0.05, 0.1) is 12.2 Å². The molecule has 0 amide bonds. The molecule has 6 rings (SSSR count). The lowest BCUT2D eigenvalue weighted by molar-refractivity contribution is 0.0443. The standard InChI is InChI=1S/C30H36N8O2/c1-30(40)16-5-4-6-17-37-28(39)24-20-31-29(34-27(24)38(37)26-9-7-8-25(30)33-26)32-21-10-12-23(13-11-21)36-18-14-22(15-19-36)35(2)3/h4,6-13,20,22,40H,5,14-19H2,1-3H3,(H,31,32,34)/b6-4-. The number of benzene rings is 1. The van der Waals surface area contributed by atoms with Crippen molar-refractivity contribution in [2.75, 3.05) is 37.4 Å². The molecular weight excluding hydrogens is 504 g/mol. The summed E-state index contributed by atoms with van der Waals surface area (Å²) in [6.07, 6.45) is 9.03. The zero-order valence-electron chi connectivity index (χ0n) is 23.3. The highest BCUT2D eigenvalue weighted by Gasteiger charge is 2.26. The van der Waals surface area contributed by atoms with Gasteiger partial charge in [-0.15, -0.1) is 0 Å². The van der Waals surface area contributed by atoms with Crippen LogP contribution in [0.25, 0.3) is 16.9 Å². The molecule has 0 saturated carbocycles. The molecule has 0 aliphatic carbocycles. The van der Waals surface area contributed by atoms with Crippen molar-refractivity contribution in [3.8, 4) is 5.82 Å². The number of hydrogen-bond acceptors (Lipinski definition) is 8. The molecule has 2 aliphatic heterocycles. The molecule has 40 heavy (non-hydrogen) atoms. The number of nitrogens with one attached hydrogen (secondary N) is 1. The van der Waals surface area contributed by atoms with Crippen molar-refractivity contribution in [1.82, 2.24) is 29.2 Å². The van der Waals surface area contributed by atoms with Gasteiger partial charge in [-0.3, -0.25) is 4.79 Å². The zero-order chi connectivity index (χ0) is 27.9. The van der Waals surface area contributed by atoms with Gasteiger partial charge in [0.1, 0.15) is 11.0 Å². The summed E-state index contributed by atoms with van der Waals surface area (Å²) < 4.78 is 3.33. The van der Waals surface area contributed by atoms with Crippen LogP contribution in [0, 0.1) is 0 Å². The minimum atomic E-state index is -1.09. The van der Waals surface area contributed by atoms with Crippen LogP contribution in [0.5, 0.6) is 0 Å². The van der Waals surface area contributed by atoms with Crippen LogP contribution in [0.15, 0.2) is 65.6 Å². The molecule has 1 fully saturated rings. The minimum absolute atomic E-state index is 0.188. The average molecular weight is 541 g/mol. The maximum atomic E-state index is 13.4. The summed E-state index contributed by atoms with van der Waals surface area (Å²) >= 11 is 0. The number of allylic oxidation sites excluding steroid dienone is 2. The molecule has 3 aromatic heterocycles. The number of piperidine rings is 1. The number of rotatable bonds is 4. The molecule has 2 aliphatic rings. The number of pyridine rings is 1. The minimum Gasteiger partial charge on any atom is -0.384 e. The number of nitrogens with zero attached hydrogens (tertiary/aromatic N) is 7. The summed E-state index contributed by atoms with van der Waals surface area (Å²) in [5.41, 5.74) is 1.81. The third-order valence-electron chi connectivity index (χ3n) is 8.10. The summed E-state index contributed by atoms with van der Waals surface area (Å²) in [7, 11) is 4.31. The lowest BCUT2D eigenvalue weighted by Gasteiger charge is -2.36. The topological polar surface area (TPSA) is 104 Å². The highest BCUT2D eigenvalue weighted by molar-refractivity contribution is 5.77.